The highest BCUT2D eigenvalue weighted by Crippen LogP contribution is 2.13. The smallest absolute Gasteiger partial charge is 0.251 e. The fourth-order valence-electron chi connectivity index (χ4n) is 2.02. The Balaban J connectivity index is 2.00. The first-order valence-corrected chi connectivity index (χ1v) is 6.76. The molecule has 0 heterocycles. The summed E-state index contributed by atoms with van der Waals surface area (Å²) in [5.41, 5.74) is 2.72. The average Bonchev–Trinajstić information content (AvgIpc) is 2.46. The molecular formula is C17H19NO2. The van der Waals surface area contributed by atoms with Crippen molar-refractivity contribution in [2.24, 2.45) is 0 Å². The van der Waals surface area contributed by atoms with E-state index < -0.39 is 0 Å². The summed E-state index contributed by atoms with van der Waals surface area (Å²) >= 11 is 0. The molecule has 0 aliphatic heterocycles. The van der Waals surface area contributed by atoms with Gasteiger partial charge < -0.3 is 10.1 Å². The molecule has 0 saturated carbocycles. The standard InChI is InChI=1S/C17H19NO2/c1-3-20-15-9-6-8-14(11-15)12-18-17(19)16-10-5-4-7-13(16)2/h4-11H,3,12H2,1-2H3,(H,18,19). The highest BCUT2D eigenvalue weighted by atomic mass is 16.5. The van der Waals surface area contributed by atoms with Crippen LogP contribution in [0.2, 0.25) is 0 Å². The Morgan fingerprint density at radius 2 is 1.95 bits per heavy atom. The molecule has 3 nitrogen and oxygen atoms in total. The molecule has 0 aromatic heterocycles. The van der Waals surface area contributed by atoms with Gasteiger partial charge in [0.2, 0.25) is 0 Å². The van der Waals surface area contributed by atoms with E-state index in [4.69, 9.17) is 4.74 Å². The van der Waals surface area contributed by atoms with Gasteiger partial charge in [-0.05, 0) is 43.2 Å². The Hall–Kier alpha value is -2.29. The molecule has 0 atom stereocenters. The first kappa shape index (κ1) is 14.1. The van der Waals surface area contributed by atoms with Gasteiger partial charge in [0, 0.05) is 12.1 Å². The molecule has 0 fully saturated rings. The minimum Gasteiger partial charge on any atom is -0.494 e. The van der Waals surface area contributed by atoms with Crippen molar-refractivity contribution in [2.75, 3.05) is 6.61 Å². The molecule has 0 spiro atoms. The Morgan fingerprint density at radius 1 is 1.15 bits per heavy atom. The van der Waals surface area contributed by atoms with Gasteiger partial charge in [-0.2, -0.15) is 0 Å². The number of benzene rings is 2. The molecule has 2 rings (SSSR count). The van der Waals surface area contributed by atoms with Crippen LogP contribution in [0.3, 0.4) is 0 Å². The number of hydrogen-bond donors (Lipinski definition) is 1. The maximum atomic E-state index is 12.1. The van der Waals surface area contributed by atoms with Gasteiger partial charge in [-0.1, -0.05) is 30.3 Å². The summed E-state index contributed by atoms with van der Waals surface area (Å²) in [6.07, 6.45) is 0. The summed E-state index contributed by atoms with van der Waals surface area (Å²) in [6.45, 7) is 5.02. The first-order valence-electron chi connectivity index (χ1n) is 6.76. The average molecular weight is 269 g/mol. The second-order valence-corrected chi connectivity index (χ2v) is 4.58. The molecule has 20 heavy (non-hydrogen) atoms. The van der Waals surface area contributed by atoms with Crippen LogP contribution < -0.4 is 10.1 Å². The zero-order valence-electron chi connectivity index (χ0n) is 11.8. The Labute approximate surface area is 119 Å². The molecule has 2 aromatic rings. The lowest BCUT2D eigenvalue weighted by Crippen LogP contribution is -2.23. The highest BCUT2D eigenvalue weighted by molar-refractivity contribution is 5.95. The topological polar surface area (TPSA) is 38.3 Å². The quantitative estimate of drug-likeness (QED) is 0.904. The zero-order chi connectivity index (χ0) is 14.4. The lowest BCUT2D eigenvalue weighted by atomic mass is 10.1. The summed E-state index contributed by atoms with van der Waals surface area (Å²) in [5.74, 6) is 0.778. The van der Waals surface area contributed by atoms with Crippen molar-refractivity contribution in [2.45, 2.75) is 20.4 Å². The minimum atomic E-state index is -0.0510. The molecule has 104 valence electrons. The first-order chi connectivity index (χ1) is 9.70. The Bertz CT molecular complexity index is 593. The second-order valence-electron chi connectivity index (χ2n) is 4.58. The summed E-state index contributed by atoms with van der Waals surface area (Å²) in [6, 6.07) is 15.3. The van der Waals surface area contributed by atoms with Crippen LogP contribution in [0.4, 0.5) is 0 Å². The van der Waals surface area contributed by atoms with E-state index in [1.54, 1.807) is 0 Å². The summed E-state index contributed by atoms with van der Waals surface area (Å²) in [5, 5.41) is 2.93. The van der Waals surface area contributed by atoms with Gasteiger partial charge in [0.1, 0.15) is 5.75 Å². The third kappa shape index (κ3) is 3.60. The molecule has 0 unspecified atom stereocenters. The van der Waals surface area contributed by atoms with E-state index in [1.807, 2.05) is 62.4 Å². The van der Waals surface area contributed by atoms with Crippen LogP contribution in [0, 0.1) is 6.92 Å². The summed E-state index contributed by atoms with van der Waals surface area (Å²) in [7, 11) is 0. The fourth-order valence-corrected chi connectivity index (χ4v) is 2.02. The van der Waals surface area contributed by atoms with Gasteiger partial charge in [-0.15, -0.1) is 0 Å². The van der Waals surface area contributed by atoms with Crippen molar-refractivity contribution in [3.63, 3.8) is 0 Å². The molecular weight excluding hydrogens is 250 g/mol. The number of carbonyl (C=O) groups is 1. The van der Waals surface area contributed by atoms with Crippen LogP contribution in [-0.4, -0.2) is 12.5 Å². The van der Waals surface area contributed by atoms with Crippen LogP contribution >= 0.6 is 0 Å². The summed E-state index contributed by atoms with van der Waals surface area (Å²) < 4.78 is 5.44. The highest BCUT2D eigenvalue weighted by Gasteiger charge is 2.07. The van der Waals surface area contributed by atoms with Crippen LogP contribution in [0.5, 0.6) is 5.75 Å². The van der Waals surface area contributed by atoms with E-state index in [0.29, 0.717) is 18.7 Å². The number of aryl methyl sites for hydroxylation is 1. The van der Waals surface area contributed by atoms with E-state index in [-0.39, 0.29) is 5.91 Å². The zero-order valence-corrected chi connectivity index (χ0v) is 11.8. The van der Waals surface area contributed by atoms with E-state index in [2.05, 4.69) is 5.32 Å². The second kappa shape index (κ2) is 6.75. The van der Waals surface area contributed by atoms with Crippen molar-refractivity contribution in [1.82, 2.24) is 5.32 Å². The van der Waals surface area contributed by atoms with E-state index in [1.165, 1.54) is 0 Å². The number of carbonyl (C=O) groups excluding carboxylic acids is 1. The number of hydrogen-bond acceptors (Lipinski definition) is 2. The van der Waals surface area contributed by atoms with Crippen LogP contribution in [-0.2, 0) is 6.54 Å². The van der Waals surface area contributed by atoms with Gasteiger partial charge in [-0.3, -0.25) is 4.79 Å². The number of nitrogens with one attached hydrogen (secondary N) is 1. The van der Waals surface area contributed by atoms with Gasteiger partial charge in [0.05, 0.1) is 6.61 Å². The molecule has 3 heteroatoms. The molecule has 2 aromatic carbocycles. The van der Waals surface area contributed by atoms with Crippen LogP contribution in [0.1, 0.15) is 28.4 Å². The van der Waals surface area contributed by atoms with Crippen molar-refractivity contribution < 1.29 is 9.53 Å². The van der Waals surface area contributed by atoms with Crippen molar-refractivity contribution in [1.29, 1.82) is 0 Å². The molecule has 0 saturated heterocycles. The van der Waals surface area contributed by atoms with Crippen molar-refractivity contribution in [3.8, 4) is 5.75 Å². The molecule has 0 bridgehead atoms. The van der Waals surface area contributed by atoms with Crippen LogP contribution in [0.25, 0.3) is 0 Å². The maximum Gasteiger partial charge on any atom is 0.251 e. The summed E-state index contributed by atoms with van der Waals surface area (Å²) in [4.78, 5) is 12.1. The number of rotatable bonds is 5. The van der Waals surface area contributed by atoms with E-state index in [9.17, 15) is 4.79 Å². The van der Waals surface area contributed by atoms with Gasteiger partial charge in [-0.25, -0.2) is 0 Å². The predicted octanol–water partition coefficient (Wildman–Crippen LogP) is 3.32. The molecule has 1 N–H and O–H groups in total. The van der Waals surface area contributed by atoms with E-state index >= 15 is 0 Å². The van der Waals surface area contributed by atoms with Crippen molar-refractivity contribution in [3.05, 3.63) is 65.2 Å². The molecule has 0 aliphatic carbocycles. The maximum absolute atomic E-state index is 12.1. The van der Waals surface area contributed by atoms with Crippen LogP contribution in [0.15, 0.2) is 48.5 Å². The fraction of sp³-hybridized carbons (Fsp3) is 0.235. The predicted molar refractivity (Wildman–Crippen MR) is 80.0 cm³/mol. The third-order valence-corrected chi connectivity index (χ3v) is 3.05. The lowest BCUT2D eigenvalue weighted by molar-refractivity contribution is 0.0950. The molecule has 0 radical (unpaired) electrons. The largest absolute Gasteiger partial charge is 0.494 e. The minimum absolute atomic E-state index is 0.0510. The van der Waals surface area contributed by atoms with Gasteiger partial charge >= 0.3 is 0 Å². The number of amides is 1. The third-order valence-electron chi connectivity index (χ3n) is 3.05. The lowest BCUT2D eigenvalue weighted by Gasteiger charge is -2.09. The SMILES string of the molecule is CCOc1cccc(CNC(=O)c2ccccc2C)c1. The van der Waals surface area contributed by atoms with Crippen molar-refractivity contribution >= 4 is 5.91 Å². The molecule has 0 aliphatic rings. The Morgan fingerprint density at radius 3 is 2.70 bits per heavy atom. The van der Waals surface area contributed by atoms with Gasteiger partial charge in [0.15, 0.2) is 0 Å². The Kier molecular flexibility index (Phi) is 4.77. The van der Waals surface area contributed by atoms with E-state index in [0.717, 1.165) is 16.9 Å². The van der Waals surface area contributed by atoms with Gasteiger partial charge in [0.25, 0.3) is 5.91 Å². The monoisotopic (exact) mass is 269 g/mol. The number of ether oxygens (including phenoxy) is 1. The normalized spacial score (nSPS) is 10.1. The molecule has 1 amide bonds.